The number of unbranched alkanes of at least 4 members (excludes halogenated alkanes) is 2. The van der Waals surface area contributed by atoms with Crippen molar-refractivity contribution in [3.8, 4) is 0 Å². The molecule has 0 aromatic carbocycles. The summed E-state index contributed by atoms with van der Waals surface area (Å²) in [5.41, 5.74) is 0.733. The van der Waals surface area contributed by atoms with E-state index in [-0.39, 0.29) is 6.61 Å². The van der Waals surface area contributed by atoms with Gasteiger partial charge in [0.1, 0.15) is 4.90 Å². The third-order valence-corrected chi connectivity index (χ3v) is 6.60. The number of hydrogen-bond donors (Lipinski definition) is 1. The van der Waals surface area contributed by atoms with Crippen LogP contribution in [0.25, 0.3) is 0 Å². The van der Waals surface area contributed by atoms with Crippen LogP contribution in [0.1, 0.15) is 50.0 Å². The second-order valence-corrected chi connectivity index (χ2v) is 7.78. The summed E-state index contributed by atoms with van der Waals surface area (Å²) in [4.78, 5) is 0.859. The van der Waals surface area contributed by atoms with Crippen LogP contribution in [0.15, 0.2) is 10.3 Å². The Morgan fingerprint density at radius 3 is 2.20 bits per heavy atom. The van der Waals surface area contributed by atoms with Crippen LogP contribution in [0.4, 0.5) is 0 Å². The molecule has 0 spiro atoms. The monoisotopic (exact) mass is 319 g/mol. The number of rotatable bonds is 9. The van der Waals surface area contributed by atoms with Crippen molar-refractivity contribution in [1.29, 1.82) is 0 Å². The van der Waals surface area contributed by atoms with Gasteiger partial charge < -0.3 is 5.11 Å². The Labute approximate surface area is 126 Å². The summed E-state index contributed by atoms with van der Waals surface area (Å²) in [6.45, 7) is 6.79. The normalized spacial score (nSPS) is 12.2. The Morgan fingerprint density at radius 2 is 1.75 bits per heavy atom. The minimum absolute atomic E-state index is 0.220. The van der Waals surface area contributed by atoms with Gasteiger partial charge in [-0.05, 0) is 30.7 Å². The van der Waals surface area contributed by atoms with Crippen LogP contribution >= 0.6 is 11.3 Å². The highest BCUT2D eigenvalue weighted by molar-refractivity contribution is 7.89. The molecular formula is C14H25NO3S2. The summed E-state index contributed by atoms with van der Waals surface area (Å²) in [7, 11) is -3.49. The molecule has 1 rings (SSSR count). The zero-order valence-corrected chi connectivity index (χ0v) is 14.2. The van der Waals surface area contributed by atoms with Crippen LogP contribution in [-0.4, -0.2) is 30.9 Å². The number of sulfonamides is 1. The molecule has 1 heterocycles. The summed E-state index contributed by atoms with van der Waals surface area (Å²) in [5.74, 6) is 0. The average Bonchev–Trinajstić information content (AvgIpc) is 2.80. The zero-order valence-electron chi connectivity index (χ0n) is 12.6. The fraction of sp³-hybridized carbons (Fsp3) is 0.714. The lowest BCUT2D eigenvalue weighted by molar-refractivity contribution is 0.282. The number of thiophene rings is 1. The summed E-state index contributed by atoms with van der Waals surface area (Å²) in [5, 5.41) is 11.2. The Bertz CT molecular complexity index is 500. The topological polar surface area (TPSA) is 57.6 Å². The average molecular weight is 319 g/mol. The first-order valence-electron chi connectivity index (χ1n) is 7.16. The van der Waals surface area contributed by atoms with Gasteiger partial charge in [0, 0.05) is 13.1 Å². The molecule has 0 aliphatic heterocycles. The highest BCUT2D eigenvalue weighted by Crippen LogP contribution is 2.30. The SMILES string of the molecule is CCCCN(CCCC)S(=O)(=O)c1c(C)csc1CO. The van der Waals surface area contributed by atoms with Crippen LogP contribution in [0, 0.1) is 6.92 Å². The van der Waals surface area contributed by atoms with E-state index < -0.39 is 10.0 Å². The van der Waals surface area contributed by atoms with Gasteiger partial charge in [-0.3, -0.25) is 0 Å². The number of aliphatic hydroxyl groups excluding tert-OH is 1. The lowest BCUT2D eigenvalue weighted by atomic mass is 10.3. The quantitative estimate of drug-likeness (QED) is 0.761. The summed E-state index contributed by atoms with van der Waals surface area (Å²) < 4.78 is 27.2. The highest BCUT2D eigenvalue weighted by Gasteiger charge is 2.28. The van der Waals surface area contributed by atoms with E-state index in [1.807, 2.05) is 0 Å². The standard InChI is InChI=1S/C14H25NO3S2/c1-4-6-8-15(9-7-5-2)20(17,18)14-12(3)11-19-13(14)10-16/h11,16H,4-10H2,1-3H3. The van der Waals surface area contributed by atoms with Gasteiger partial charge >= 0.3 is 0 Å². The molecule has 1 N–H and O–H groups in total. The van der Waals surface area contributed by atoms with E-state index in [0.717, 1.165) is 31.2 Å². The molecular weight excluding hydrogens is 294 g/mol. The van der Waals surface area contributed by atoms with E-state index in [4.69, 9.17) is 0 Å². The number of nitrogens with zero attached hydrogens (tertiary/aromatic N) is 1. The fourth-order valence-electron chi connectivity index (χ4n) is 2.09. The molecule has 6 heteroatoms. The van der Waals surface area contributed by atoms with E-state index in [1.54, 1.807) is 16.6 Å². The lowest BCUT2D eigenvalue weighted by Crippen LogP contribution is -2.33. The number of hydrogen-bond acceptors (Lipinski definition) is 4. The molecule has 0 radical (unpaired) electrons. The van der Waals surface area contributed by atoms with Gasteiger partial charge in [0.05, 0.1) is 11.5 Å². The molecule has 1 aromatic heterocycles. The smallest absolute Gasteiger partial charge is 0.244 e. The first kappa shape index (κ1) is 17.6. The van der Waals surface area contributed by atoms with Crippen molar-refractivity contribution in [2.45, 2.75) is 58.0 Å². The second-order valence-electron chi connectivity index (χ2n) is 4.94. The van der Waals surface area contributed by atoms with Gasteiger partial charge in [-0.2, -0.15) is 4.31 Å². The van der Waals surface area contributed by atoms with Gasteiger partial charge in [-0.25, -0.2) is 8.42 Å². The van der Waals surface area contributed by atoms with Crippen LogP contribution < -0.4 is 0 Å². The molecule has 0 aliphatic carbocycles. The van der Waals surface area contributed by atoms with Crippen molar-refractivity contribution in [3.63, 3.8) is 0 Å². The second kappa shape index (κ2) is 8.12. The van der Waals surface area contributed by atoms with Crippen molar-refractivity contribution in [2.75, 3.05) is 13.1 Å². The van der Waals surface area contributed by atoms with Crippen molar-refractivity contribution >= 4 is 21.4 Å². The molecule has 4 nitrogen and oxygen atoms in total. The van der Waals surface area contributed by atoms with Crippen molar-refractivity contribution in [1.82, 2.24) is 4.31 Å². The third kappa shape index (κ3) is 4.04. The van der Waals surface area contributed by atoms with Gasteiger partial charge in [0.25, 0.3) is 0 Å². The Hall–Kier alpha value is -0.430. The molecule has 20 heavy (non-hydrogen) atoms. The first-order chi connectivity index (χ1) is 9.48. The van der Waals surface area contributed by atoms with E-state index >= 15 is 0 Å². The zero-order chi connectivity index (χ0) is 15.2. The number of aryl methyl sites for hydroxylation is 1. The Balaban J connectivity index is 3.10. The molecule has 0 saturated carbocycles. The fourth-order valence-corrected chi connectivity index (χ4v) is 5.22. The maximum atomic E-state index is 12.8. The third-order valence-electron chi connectivity index (χ3n) is 3.25. The molecule has 0 saturated heterocycles. The van der Waals surface area contributed by atoms with Crippen LogP contribution in [0.2, 0.25) is 0 Å². The van der Waals surface area contributed by atoms with Crippen molar-refractivity contribution in [2.24, 2.45) is 0 Å². The Morgan fingerprint density at radius 1 is 1.20 bits per heavy atom. The molecule has 0 amide bonds. The van der Waals surface area contributed by atoms with Crippen molar-refractivity contribution in [3.05, 3.63) is 15.8 Å². The summed E-state index contributed by atoms with van der Waals surface area (Å²) in [6, 6.07) is 0. The molecule has 0 fully saturated rings. The summed E-state index contributed by atoms with van der Waals surface area (Å²) in [6.07, 6.45) is 3.66. The molecule has 1 aromatic rings. The first-order valence-corrected chi connectivity index (χ1v) is 9.48. The summed E-state index contributed by atoms with van der Waals surface area (Å²) >= 11 is 1.31. The van der Waals surface area contributed by atoms with E-state index in [2.05, 4.69) is 13.8 Å². The minimum atomic E-state index is -3.49. The minimum Gasteiger partial charge on any atom is -0.391 e. The lowest BCUT2D eigenvalue weighted by Gasteiger charge is -2.22. The van der Waals surface area contributed by atoms with Gasteiger partial charge in [0.2, 0.25) is 10.0 Å². The van der Waals surface area contributed by atoms with Gasteiger partial charge in [-0.15, -0.1) is 11.3 Å². The maximum Gasteiger partial charge on any atom is 0.244 e. The number of aliphatic hydroxyl groups is 1. The molecule has 0 unspecified atom stereocenters. The van der Waals surface area contributed by atoms with Crippen LogP contribution in [0.3, 0.4) is 0 Å². The van der Waals surface area contributed by atoms with Gasteiger partial charge in [0.15, 0.2) is 0 Å². The predicted octanol–water partition coefficient (Wildman–Crippen LogP) is 3.14. The van der Waals surface area contributed by atoms with E-state index in [1.165, 1.54) is 11.3 Å². The van der Waals surface area contributed by atoms with E-state index in [0.29, 0.717) is 22.9 Å². The largest absolute Gasteiger partial charge is 0.391 e. The van der Waals surface area contributed by atoms with Crippen LogP contribution in [0.5, 0.6) is 0 Å². The predicted molar refractivity (Wildman–Crippen MR) is 83.6 cm³/mol. The van der Waals surface area contributed by atoms with Gasteiger partial charge in [-0.1, -0.05) is 26.7 Å². The highest BCUT2D eigenvalue weighted by atomic mass is 32.2. The van der Waals surface area contributed by atoms with E-state index in [9.17, 15) is 13.5 Å². The molecule has 0 bridgehead atoms. The maximum absolute atomic E-state index is 12.8. The van der Waals surface area contributed by atoms with Crippen LogP contribution in [-0.2, 0) is 16.6 Å². The molecule has 0 aliphatic rings. The molecule has 116 valence electrons. The van der Waals surface area contributed by atoms with Crippen molar-refractivity contribution < 1.29 is 13.5 Å². The Kier molecular flexibility index (Phi) is 7.15. The molecule has 0 atom stereocenters.